The maximum atomic E-state index is 12.8. The molecule has 1 aromatic heterocycles. The molecule has 1 saturated heterocycles. The molecule has 33 heavy (non-hydrogen) atoms. The molecule has 1 aliphatic carbocycles. The van der Waals surface area contributed by atoms with Gasteiger partial charge in [0.2, 0.25) is 11.9 Å². The smallest absolute Gasteiger partial charge is 0.225 e. The minimum atomic E-state index is 0.235. The van der Waals surface area contributed by atoms with Crippen LogP contribution in [0.3, 0.4) is 0 Å². The lowest BCUT2D eigenvalue weighted by molar-refractivity contribution is -0.136. The molecule has 0 bridgehead atoms. The van der Waals surface area contributed by atoms with Gasteiger partial charge in [-0.15, -0.1) is 0 Å². The van der Waals surface area contributed by atoms with E-state index in [0.29, 0.717) is 5.91 Å². The van der Waals surface area contributed by atoms with Crippen LogP contribution in [0, 0.1) is 5.92 Å². The predicted octanol–water partition coefficient (Wildman–Crippen LogP) is 5.16. The molecule has 1 amide bonds. The maximum absolute atomic E-state index is 12.8. The van der Waals surface area contributed by atoms with Crippen LogP contribution in [0.2, 0.25) is 0 Å². The second kappa shape index (κ2) is 10.0. The molecule has 2 aliphatic rings. The van der Waals surface area contributed by atoms with Crippen LogP contribution < -0.4 is 9.64 Å². The Bertz CT molecular complexity index is 1060. The molecule has 0 N–H and O–H groups in total. The van der Waals surface area contributed by atoms with Crippen LogP contribution in [0.15, 0.2) is 66.9 Å². The fourth-order valence-corrected chi connectivity index (χ4v) is 4.71. The van der Waals surface area contributed by atoms with Crippen molar-refractivity contribution in [2.45, 2.75) is 32.1 Å². The van der Waals surface area contributed by atoms with E-state index < -0.39 is 0 Å². The minimum Gasteiger partial charge on any atom is -0.457 e. The monoisotopic (exact) mass is 442 g/mol. The molecule has 6 heteroatoms. The summed E-state index contributed by atoms with van der Waals surface area (Å²) < 4.78 is 5.89. The van der Waals surface area contributed by atoms with Crippen molar-refractivity contribution >= 4 is 11.9 Å². The number of ether oxygens (including phenoxy) is 1. The van der Waals surface area contributed by atoms with Crippen molar-refractivity contribution in [3.63, 3.8) is 0 Å². The SMILES string of the molecule is O=C(C1CCCCC1)N1CCN(c2nccc(-c3ccc(Oc4ccccc4)cc3)n2)CC1. The number of amides is 1. The van der Waals surface area contributed by atoms with Gasteiger partial charge in [0.05, 0.1) is 5.69 Å². The molecular formula is C27H30N4O2. The summed E-state index contributed by atoms with van der Waals surface area (Å²) in [5.74, 6) is 2.91. The molecule has 1 aliphatic heterocycles. The third kappa shape index (κ3) is 5.16. The highest BCUT2D eigenvalue weighted by atomic mass is 16.5. The first-order chi connectivity index (χ1) is 16.3. The van der Waals surface area contributed by atoms with Crippen LogP contribution in [-0.4, -0.2) is 47.0 Å². The molecule has 6 nitrogen and oxygen atoms in total. The Balaban J connectivity index is 1.21. The molecular weight excluding hydrogens is 412 g/mol. The van der Waals surface area contributed by atoms with Crippen molar-refractivity contribution in [3.8, 4) is 22.8 Å². The highest BCUT2D eigenvalue weighted by Gasteiger charge is 2.29. The van der Waals surface area contributed by atoms with Crippen molar-refractivity contribution in [2.24, 2.45) is 5.92 Å². The van der Waals surface area contributed by atoms with Crippen LogP contribution in [0.1, 0.15) is 32.1 Å². The number of anilines is 1. The molecule has 0 atom stereocenters. The van der Waals surface area contributed by atoms with E-state index in [1.54, 1.807) is 0 Å². The molecule has 5 rings (SSSR count). The molecule has 0 radical (unpaired) electrons. The third-order valence-electron chi connectivity index (χ3n) is 6.60. The van der Waals surface area contributed by atoms with E-state index in [1.165, 1.54) is 19.3 Å². The number of aromatic nitrogens is 2. The summed E-state index contributed by atoms with van der Waals surface area (Å²) in [7, 11) is 0. The summed E-state index contributed by atoms with van der Waals surface area (Å²) in [5, 5.41) is 0. The summed E-state index contributed by atoms with van der Waals surface area (Å²) in [6, 6.07) is 19.6. The van der Waals surface area contributed by atoms with Crippen molar-refractivity contribution < 1.29 is 9.53 Å². The maximum Gasteiger partial charge on any atom is 0.225 e. The minimum absolute atomic E-state index is 0.235. The molecule has 0 spiro atoms. The number of hydrogen-bond acceptors (Lipinski definition) is 5. The van der Waals surface area contributed by atoms with Gasteiger partial charge in [-0.3, -0.25) is 4.79 Å². The average molecular weight is 443 g/mol. The zero-order valence-corrected chi connectivity index (χ0v) is 18.9. The first-order valence-electron chi connectivity index (χ1n) is 12.0. The summed E-state index contributed by atoms with van der Waals surface area (Å²) in [6.45, 7) is 3.03. The first-order valence-corrected chi connectivity index (χ1v) is 12.0. The number of carbonyl (C=O) groups excluding carboxylic acids is 1. The molecule has 1 saturated carbocycles. The predicted molar refractivity (Wildman–Crippen MR) is 129 cm³/mol. The van der Waals surface area contributed by atoms with Crippen molar-refractivity contribution in [1.29, 1.82) is 0 Å². The molecule has 2 heterocycles. The highest BCUT2D eigenvalue weighted by molar-refractivity contribution is 5.79. The molecule has 3 aromatic rings. The van der Waals surface area contributed by atoms with Gasteiger partial charge in [0.25, 0.3) is 0 Å². The van der Waals surface area contributed by atoms with Crippen molar-refractivity contribution in [3.05, 3.63) is 66.9 Å². The molecule has 170 valence electrons. The zero-order valence-electron chi connectivity index (χ0n) is 18.9. The molecule has 2 aromatic carbocycles. The second-order valence-corrected chi connectivity index (χ2v) is 8.83. The van der Waals surface area contributed by atoms with Gasteiger partial charge >= 0.3 is 0 Å². The van der Waals surface area contributed by atoms with Crippen LogP contribution in [0.5, 0.6) is 11.5 Å². The second-order valence-electron chi connectivity index (χ2n) is 8.83. The van der Waals surface area contributed by atoms with Gasteiger partial charge in [0.1, 0.15) is 11.5 Å². The number of benzene rings is 2. The summed E-state index contributed by atoms with van der Waals surface area (Å²) in [6.07, 6.45) is 7.57. The van der Waals surface area contributed by atoms with Crippen LogP contribution in [0.25, 0.3) is 11.3 Å². The topological polar surface area (TPSA) is 58.6 Å². The van der Waals surface area contributed by atoms with Gasteiger partial charge < -0.3 is 14.5 Å². The Morgan fingerprint density at radius 1 is 0.818 bits per heavy atom. The Kier molecular flexibility index (Phi) is 6.51. The van der Waals surface area contributed by atoms with Gasteiger partial charge in [-0.05, 0) is 55.3 Å². The Labute approximate surface area is 195 Å². The standard InChI is InChI=1S/C27H30N4O2/c32-26(22-7-3-1-4-8-22)30-17-19-31(20-18-30)27-28-16-15-25(29-27)21-11-13-24(14-12-21)33-23-9-5-2-6-10-23/h2,5-6,9-16,22H,1,3-4,7-8,17-20H2. The van der Waals surface area contributed by atoms with E-state index in [9.17, 15) is 4.79 Å². The Morgan fingerprint density at radius 2 is 1.52 bits per heavy atom. The number of hydrogen-bond donors (Lipinski definition) is 0. The van der Waals surface area contributed by atoms with Gasteiger partial charge in [-0.1, -0.05) is 37.5 Å². The van der Waals surface area contributed by atoms with Gasteiger partial charge in [0.15, 0.2) is 0 Å². The normalized spacial score (nSPS) is 17.1. The lowest BCUT2D eigenvalue weighted by atomic mass is 9.88. The van der Waals surface area contributed by atoms with E-state index in [0.717, 1.165) is 67.7 Å². The van der Waals surface area contributed by atoms with E-state index in [2.05, 4.69) is 9.88 Å². The summed E-state index contributed by atoms with van der Waals surface area (Å²) >= 11 is 0. The van der Waals surface area contributed by atoms with E-state index in [4.69, 9.17) is 9.72 Å². The van der Waals surface area contributed by atoms with E-state index in [1.807, 2.05) is 71.8 Å². The van der Waals surface area contributed by atoms with E-state index >= 15 is 0 Å². The zero-order chi connectivity index (χ0) is 22.5. The van der Waals surface area contributed by atoms with Crippen molar-refractivity contribution in [1.82, 2.24) is 14.9 Å². The van der Waals surface area contributed by atoms with Crippen LogP contribution >= 0.6 is 0 Å². The van der Waals surface area contributed by atoms with Crippen molar-refractivity contribution in [2.75, 3.05) is 31.1 Å². The Morgan fingerprint density at radius 3 is 2.24 bits per heavy atom. The van der Waals surface area contributed by atoms with Gasteiger partial charge in [-0.2, -0.15) is 0 Å². The van der Waals surface area contributed by atoms with E-state index in [-0.39, 0.29) is 5.92 Å². The Hall–Kier alpha value is -3.41. The summed E-state index contributed by atoms with van der Waals surface area (Å²) in [4.78, 5) is 26.4. The number of rotatable bonds is 5. The lowest BCUT2D eigenvalue weighted by Gasteiger charge is -2.37. The average Bonchev–Trinajstić information content (AvgIpc) is 2.90. The first kappa shape index (κ1) is 21.4. The number of para-hydroxylation sites is 1. The van der Waals surface area contributed by atoms with Gasteiger partial charge in [0, 0.05) is 43.9 Å². The number of nitrogens with zero attached hydrogens (tertiary/aromatic N) is 4. The quantitative estimate of drug-likeness (QED) is 0.546. The van der Waals surface area contributed by atoms with Gasteiger partial charge in [-0.25, -0.2) is 9.97 Å². The summed E-state index contributed by atoms with van der Waals surface area (Å²) in [5.41, 5.74) is 1.90. The number of carbonyl (C=O) groups is 1. The molecule has 2 fully saturated rings. The molecule has 0 unspecified atom stereocenters. The fourth-order valence-electron chi connectivity index (χ4n) is 4.71. The third-order valence-corrected chi connectivity index (χ3v) is 6.60. The largest absolute Gasteiger partial charge is 0.457 e. The lowest BCUT2D eigenvalue weighted by Crippen LogP contribution is -2.51. The highest BCUT2D eigenvalue weighted by Crippen LogP contribution is 2.27. The van der Waals surface area contributed by atoms with Crippen LogP contribution in [-0.2, 0) is 4.79 Å². The number of piperazine rings is 1. The van der Waals surface area contributed by atoms with Crippen LogP contribution in [0.4, 0.5) is 5.95 Å². The fraction of sp³-hybridized carbons (Fsp3) is 0.370.